The van der Waals surface area contributed by atoms with Gasteiger partial charge in [-0.25, -0.2) is 0 Å². The van der Waals surface area contributed by atoms with Crippen molar-refractivity contribution in [2.75, 3.05) is 73.8 Å². The van der Waals surface area contributed by atoms with E-state index in [1.54, 1.807) is 13.1 Å². The van der Waals surface area contributed by atoms with Crippen LogP contribution in [0.2, 0.25) is 5.02 Å². The van der Waals surface area contributed by atoms with Gasteiger partial charge in [0.1, 0.15) is 6.04 Å². The maximum absolute atomic E-state index is 13.1. The molecule has 2 amide bonds. The van der Waals surface area contributed by atoms with E-state index < -0.39 is 6.04 Å². The highest BCUT2D eigenvalue weighted by molar-refractivity contribution is 6.33. The molecule has 0 aliphatic carbocycles. The number of anilines is 4. The SMILES string of the molecule is CNc1nc(N[C@@H](CCO)CNc2ccccc2Cl)nc(N2CCNCC2C(=O)NCC2CCNC2=O)n1. The fraction of sp³-hybridized carbons (Fsp3) is 0.542. The minimum atomic E-state index is -0.553. The largest absolute Gasteiger partial charge is 0.396 e. The Balaban J connectivity index is 1.47. The summed E-state index contributed by atoms with van der Waals surface area (Å²) in [6.07, 6.45) is 1.15. The number of carbonyl (C=O) groups excluding carboxylic acids is 2. The molecular formula is C24H35ClN10O3. The summed E-state index contributed by atoms with van der Waals surface area (Å²) in [6.45, 7) is 2.96. The van der Waals surface area contributed by atoms with E-state index >= 15 is 0 Å². The van der Waals surface area contributed by atoms with Gasteiger partial charge < -0.3 is 41.9 Å². The van der Waals surface area contributed by atoms with Crippen LogP contribution in [0.3, 0.4) is 0 Å². The Kier molecular flexibility index (Phi) is 9.73. The van der Waals surface area contributed by atoms with E-state index in [0.717, 1.165) is 5.69 Å². The van der Waals surface area contributed by atoms with Crippen LogP contribution in [0.1, 0.15) is 12.8 Å². The van der Waals surface area contributed by atoms with Crippen LogP contribution in [0.4, 0.5) is 23.5 Å². The maximum atomic E-state index is 13.1. The number of halogens is 1. The van der Waals surface area contributed by atoms with Gasteiger partial charge >= 0.3 is 0 Å². The Morgan fingerprint density at radius 1 is 1.24 bits per heavy atom. The van der Waals surface area contributed by atoms with Crippen LogP contribution in [0.25, 0.3) is 0 Å². The number of nitrogens with one attached hydrogen (secondary N) is 6. The highest BCUT2D eigenvalue weighted by Gasteiger charge is 2.33. The molecule has 7 N–H and O–H groups in total. The van der Waals surface area contributed by atoms with Crippen molar-refractivity contribution in [2.45, 2.75) is 24.9 Å². The van der Waals surface area contributed by atoms with Gasteiger partial charge in [0.25, 0.3) is 0 Å². The van der Waals surface area contributed by atoms with Crippen molar-refractivity contribution in [2.24, 2.45) is 5.92 Å². The number of amides is 2. The van der Waals surface area contributed by atoms with Crippen LogP contribution in [0.15, 0.2) is 24.3 Å². The molecule has 2 unspecified atom stereocenters. The molecule has 38 heavy (non-hydrogen) atoms. The topological polar surface area (TPSA) is 168 Å². The minimum absolute atomic E-state index is 0.0300. The fourth-order valence-corrected chi connectivity index (χ4v) is 4.63. The number of nitrogens with zero attached hydrogens (tertiary/aromatic N) is 4. The van der Waals surface area contributed by atoms with Gasteiger partial charge in [-0.05, 0) is 25.0 Å². The van der Waals surface area contributed by atoms with Gasteiger partial charge in [0, 0.05) is 59.0 Å². The summed E-state index contributed by atoms with van der Waals surface area (Å²) in [5, 5.41) is 28.7. The van der Waals surface area contributed by atoms with Crippen molar-refractivity contribution in [3.8, 4) is 0 Å². The molecule has 2 aliphatic rings. The average Bonchev–Trinajstić information content (AvgIpc) is 3.35. The standard InChI is InChI=1S/C24H35ClN10O3/c1-26-22-32-23(31-16(7-11-36)13-29-18-5-3-2-4-17(18)25)34-24(33-22)35-10-9-27-14-19(35)21(38)30-12-15-6-8-28-20(15)37/h2-5,15-16,19,27,29,36H,6-14H2,1H3,(H,28,37)(H,30,38)(H2,26,31,32,33,34)/t15?,16-,19?/m0/s1. The third-order valence-electron chi connectivity index (χ3n) is 6.56. The Bertz CT molecular complexity index is 1110. The number of para-hydroxylation sites is 1. The molecule has 2 aromatic rings. The number of aromatic nitrogens is 3. The van der Waals surface area contributed by atoms with Crippen LogP contribution >= 0.6 is 11.6 Å². The molecule has 0 spiro atoms. The van der Waals surface area contributed by atoms with Gasteiger partial charge in [0.2, 0.25) is 29.7 Å². The van der Waals surface area contributed by atoms with Crippen LogP contribution in [-0.4, -0.2) is 96.9 Å². The first-order chi connectivity index (χ1) is 18.5. The zero-order chi connectivity index (χ0) is 26.9. The zero-order valence-corrected chi connectivity index (χ0v) is 22.1. The fourth-order valence-electron chi connectivity index (χ4n) is 4.43. The molecule has 2 fully saturated rings. The molecule has 4 rings (SSSR count). The number of hydrogen-bond acceptors (Lipinski definition) is 11. The first kappa shape index (κ1) is 27.6. The number of hydrogen-bond donors (Lipinski definition) is 7. The average molecular weight is 547 g/mol. The van der Waals surface area contributed by atoms with E-state index in [1.807, 2.05) is 23.1 Å². The van der Waals surface area contributed by atoms with Crippen molar-refractivity contribution in [1.82, 2.24) is 30.9 Å². The summed E-state index contributed by atoms with van der Waals surface area (Å²) in [4.78, 5) is 40.4. The Morgan fingerprint density at radius 3 is 2.79 bits per heavy atom. The van der Waals surface area contributed by atoms with Gasteiger partial charge in [-0.3, -0.25) is 9.59 Å². The number of rotatable bonds is 12. The van der Waals surface area contributed by atoms with Crippen LogP contribution in [-0.2, 0) is 9.59 Å². The molecule has 3 atom stereocenters. The highest BCUT2D eigenvalue weighted by Crippen LogP contribution is 2.22. The monoisotopic (exact) mass is 546 g/mol. The van der Waals surface area contributed by atoms with Crippen molar-refractivity contribution in [1.29, 1.82) is 0 Å². The van der Waals surface area contributed by atoms with E-state index in [2.05, 4.69) is 46.9 Å². The van der Waals surface area contributed by atoms with Gasteiger partial charge in [0.05, 0.1) is 16.6 Å². The van der Waals surface area contributed by atoms with Crippen molar-refractivity contribution >= 4 is 46.9 Å². The summed E-state index contributed by atoms with van der Waals surface area (Å²) < 4.78 is 0. The second kappa shape index (κ2) is 13.4. The van der Waals surface area contributed by atoms with E-state index in [-0.39, 0.29) is 30.4 Å². The summed E-state index contributed by atoms with van der Waals surface area (Å²) in [7, 11) is 1.71. The molecule has 14 heteroatoms. The third-order valence-corrected chi connectivity index (χ3v) is 6.89. The van der Waals surface area contributed by atoms with Gasteiger partial charge in [0.15, 0.2) is 0 Å². The molecular weight excluding hydrogens is 512 g/mol. The van der Waals surface area contributed by atoms with E-state index in [1.165, 1.54) is 0 Å². The van der Waals surface area contributed by atoms with Crippen molar-refractivity contribution in [3.05, 3.63) is 29.3 Å². The van der Waals surface area contributed by atoms with Crippen molar-refractivity contribution < 1.29 is 14.7 Å². The van der Waals surface area contributed by atoms with Gasteiger partial charge in [-0.2, -0.15) is 15.0 Å². The molecule has 13 nitrogen and oxygen atoms in total. The molecule has 2 saturated heterocycles. The summed E-state index contributed by atoms with van der Waals surface area (Å²) in [6, 6.07) is 6.67. The summed E-state index contributed by atoms with van der Waals surface area (Å²) in [5.74, 6) is 0.584. The van der Waals surface area contributed by atoms with Crippen molar-refractivity contribution in [3.63, 3.8) is 0 Å². The first-order valence-electron chi connectivity index (χ1n) is 12.8. The predicted octanol–water partition coefficient (Wildman–Crippen LogP) is -0.128. The Hall–Kier alpha value is -3.42. The maximum Gasteiger partial charge on any atom is 0.244 e. The number of aliphatic hydroxyl groups excluding tert-OH is 1. The normalized spacial score (nSPS) is 20.0. The lowest BCUT2D eigenvalue weighted by Gasteiger charge is -2.35. The zero-order valence-electron chi connectivity index (χ0n) is 21.3. The second-order valence-corrected chi connectivity index (χ2v) is 9.59. The first-order valence-corrected chi connectivity index (χ1v) is 13.2. The molecule has 3 heterocycles. The Labute approximate surface area is 226 Å². The molecule has 0 saturated carbocycles. The van der Waals surface area contributed by atoms with Crippen LogP contribution in [0.5, 0.6) is 0 Å². The lowest BCUT2D eigenvalue weighted by atomic mass is 10.1. The molecule has 2 aliphatic heterocycles. The quantitative estimate of drug-likeness (QED) is 0.189. The second-order valence-electron chi connectivity index (χ2n) is 9.18. The summed E-state index contributed by atoms with van der Waals surface area (Å²) in [5.41, 5.74) is 0.788. The van der Waals surface area contributed by atoms with Gasteiger partial charge in [-0.15, -0.1) is 0 Å². The van der Waals surface area contributed by atoms with E-state index in [9.17, 15) is 14.7 Å². The molecule has 1 aromatic carbocycles. The third kappa shape index (κ3) is 7.11. The lowest BCUT2D eigenvalue weighted by Crippen LogP contribution is -2.59. The smallest absolute Gasteiger partial charge is 0.244 e. The Morgan fingerprint density at radius 2 is 2.05 bits per heavy atom. The van der Waals surface area contributed by atoms with E-state index in [0.29, 0.717) is 75.0 Å². The lowest BCUT2D eigenvalue weighted by molar-refractivity contribution is -0.124. The predicted molar refractivity (Wildman–Crippen MR) is 147 cm³/mol. The molecule has 1 aromatic heterocycles. The number of carbonyl (C=O) groups is 2. The molecule has 0 radical (unpaired) electrons. The summed E-state index contributed by atoms with van der Waals surface area (Å²) >= 11 is 6.26. The molecule has 0 bridgehead atoms. The molecule has 206 valence electrons. The highest BCUT2D eigenvalue weighted by atomic mass is 35.5. The van der Waals surface area contributed by atoms with Crippen LogP contribution < -0.4 is 36.8 Å². The number of piperazine rings is 1. The minimum Gasteiger partial charge on any atom is -0.396 e. The van der Waals surface area contributed by atoms with Gasteiger partial charge in [-0.1, -0.05) is 23.7 Å². The van der Waals surface area contributed by atoms with E-state index in [4.69, 9.17) is 11.6 Å². The van der Waals surface area contributed by atoms with Crippen LogP contribution in [0, 0.1) is 5.92 Å². The number of aliphatic hydroxyl groups is 1. The number of benzene rings is 1.